The van der Waals surface area contributed by atoms with Crippen molar-refractivity contribution < 1.29 is 14.3 Å². The maximum Gasteiger partial charge on any atom is 0.325 e. The molecule has 5 heteroatoms. The number of esters is 1. The SMILES string of the molecule is COC(=O)CN(c1ccccc1)[C@H]1C[C@H](C)N(C(=O)c2ccc(C(C)(C)C)cc2)c2ccccc21. The van der Waals surface area contributed by atoms with E-state index in [-0.39, 0.29) is 35.9 Å². The van der Waals surface area contributed by atoms with E-state index in [0.29, 0.717) is 12.0 Å². The number of carbonyl (C=O) groups is 2. The van der Waals surface area contributed by atoms with Crippen molar-refractivity contribution in [2.24, 2.45) is 0 Å². The first-order valence-corrected chi connectivity index (χ1v) is 12.1. The topological polar surface area (TPSA) is 49.9 Å². The lowest BCUT2D eigenvalue weighted by molar-refractivity contribution is -0.139. The number of nitrogens with zero attached hydrogens (tertiary/aromatic N) is 2. The van der Waals surface area contributed by atoms with Gasteiger partial charge in [0.15, 0.2) is 0 Å². The zero-order chi connectivity index (χ0) is 25.2. The van der Waals surface area contributed by atoms with E-state index < -0.39 is 0 Å². The second-order valence-corrected chi connectivity index (χ2v) is 10.2. The molecule has 0 saturated heterocycles. The second kappa shape index (κ2) is 9.95. The van der Waals surface area contributed by atoms with Gasteiger partial charge in [-0.1, -0.05) is 69.3 Å². The largest absolute Gasteiger partial charge is 0.468 e. The molecule has 0 bridgehead atoms. The number of rotatable bonds is 5. The second-order valence-electron chi connectivity index (χ2n) is 10.2. The van der Waals surface area contributed by atoms with Crippen LogP contribution in [-0.2, 0) is 14.9 Å². The van der Waals surface area contributed by atoms with E-state index in [4.69, 9.17) is 4.74 Å². The Morgan fingerprint density at radius 2 is 1.57 bits per heavy atom. The molecule has 0 N–H and O–H groups in total. The normalized spacial score (nSPS) is 17.5. The quantitative estimate of drug-likeness (QED) is 0.420. The highest BCUT2D eigenvalue weighted by atomic mass is 16.5. The lowest BCUT2D eigenvalue weighted by Crippen LogP contribution is -2.47. The van der Waals surface area contributed by atoms with Gasteiger partial charge in [-0.05, 0) is 60.2 Å². The number of methoxy groups -OCH3 is 1. The Hall–Kier alpha value is -3.60. The minimum atomic E-state index is -0.295. The molecule has 0 spiro atoms. The van der Waals surface area contributed by atoms with Crippen LogP contribution in [0.15, 0.2) is 78.9 Å². The van der Waals surface area contributed by atoms with Gasteiger partial charge < -0.3 is 14.5 Å². The highest BCUT2D eigenvalue weighted by Gasteiger charge is 2.37. The van der Waals surface area contributed by atoms with Gasteiger partial charge in [0.2, 0.25) is 0 Å². The fraction of sp³-hybridized carbons (Fsp3) is 0.333. The number of carbonyl (C=O) groups excluding carboxylic acids is 2. The standard InChI is InChI=1S/C30H34N2O3/c1-21-19-27(31(20-28(33)35-5)24-11-7-6-8-12-24)25-13-9-10-14-26(25)32(21)29(34)22-15-17-23(18-16-22)30(2,3)4/h6-18,21,27H,19-20H2,1-5H3/t21-,27-/m0/s1. The highest BCUT2D eigenvalue weighted by molar-refractivity contribution is 6.07. The van der Waals surface area contributed by atoms with Gasteiger partial charge in [-0.3, -0.25) is 9.59 Å². The molecular weight excluding hydrogens is 436 g/mol. The average Bonchev–Trinajstić information content (AvgIpc) is 2.86. The molecule has 1 aliphatic heterocycles. The molecule has 35 heavy (non-hydrogen) atoms. The van der Waals surface area contributed by atoms with E-state index >= 15 is 0 Å². The monoisotopic (exact) mass is 470 g/mol. The van der Waals surface area contributed by atoms with Crippen molar-refractivity contribution in [3.8, 4) is 0 Å². The van der Waals surface area contributed by atoms with E-state index in [1.54, 1.807) is 0 Å². The third-order valence-corrected chi connectivity index (χ3v) is 6.77. The zero-order valence-electron chi connectivity index (χ0n) is 21.2. The van der Waals surface area contributed by atoms with Crippen LogP contribution in [-0.4, -0.2) is 31.6 Å². The van der Waals surface area contributed by atoms with Crippen molar-refractivity contribution in [3.05, 3.63) is 95.6 Å². The van der Waals surface area contributed by atoms with Crippen LogP contribution in [0.3, 0.4) is 0 Å². The van der Waals surface area contributed by atoms with Crippen LogP contribution in [0, 0.1) is 0 Å². The van der Waals surface area contributed by atoms with E-state index in [1.807, 2.05) is 77.7 Å². The summed E-state index contributed by atoms with van der Waals surface area (Å²) in [6.45, 7) is 8.71. The van der Waals surface area contributed by atoms with Crippen molar-refractivity contribution in [2.45, 2.75) is 51.6 Å². The fourth-order valence-electron chi connectivity index (χ4n) is 4.84. The molecule has 0 radical (unpaired) electrons. The van der Waals surface area contributed by atoms with Crippen molar-refractivity contribution in [2.75, 3.05) is 23.5 Å². The molecule has 1 aliphatic rings. The summed E-state index contributed by atoms with van der Waals surface area (Å²) < 4.78 is 5.01. The summed E-state index contributed by atoms with van der Waals surface area (Å²) >= 11 is 0. The van der Waals surface area contributed by atoms with Crippen LogP contribution in [0.1, 0.15) is 61.6 Å². The Kier molecular flexibility index (Phi) is 6.97. The van der Waals surface area contributed by atoms with E-state index in [2.05, 4.69) is 38.7 Å². The molecule has 3 aromatic rings. The van der Waals surface area contributed by atoms with Crippen molar-refractivity contribution >= 4 is 23.3 Å². The number of fused-ring (bicyclic) bond motifs is 1. The summed E-state index contributed by atoms with van der Waals surface area (Å²) in [6, 6.07) is 25.7. The number of hydrogen-bond donors (Lipinski definition) is 0. The average molecular weight is 471 g/mol. The number of anilines is 2. The number of amides is 1. The van der Waals surface area contributed by atoms with Gasteiger partial charge in [0, 0.05) is 23.0 Å². The summed E-state index contributed by atoms with van der Waals surface area (Å²) in [5, 5.41) is 0. The van der Waals surface area contributed by atoms with E-state index in [0.717, 1.165) is 16.9 Å². The molecule has 0 aliphatic carbocycles. The molecule has 0 unspecified atom stereocenters. The summed E-state index contributed by atoms with van der Waals surface area (Å²) in [6.07, 6.45) is 0.689. The minimum absolute atomic E-state index is 0.0110. The van der Waals surface area contributed by atoms with Crippen LogP contribution < -0.4 is 9.80 Å². The lowest BCUT2D eigenvalue weighted by atomic mass is 9.86. The Morgan fingerprint density at radius 1 is 0.943 bits per heavy atom. The Bertz CT molecular complexity index is 1180. The predicted molar refractivity (Wildman–Crippen MR) is 141 cm³/mol. The summed E-state index contributed by atoms with van der Waals surface area (Å²) in [4.78, 5) is 30.1. The molecule has 0 fully saturated rings. The molecule has 182 valence electrons. The maximum atomic E-state index is 13.7. The highest BCUT2D eigenvalue weighted by Crippen LogP contribution is 2.42. The third-order valence-electron chi connectivity index (χ3n) is 6.77. The van der Waals surface area contributed by atoms with E-state index in [9.17, 15) is 9.59 Å². The lowest BCUT2D eigenvalue weighted by Gasteiger charge is -2.44. The molecule has 0 aromatic heterocycles. The fourth-order valence-corrected chi connectivity index (χ4v) is 4.84. The van der Waals surface area contributed by atoms with Gasteiger partial charge in [0.1, 0.15) is 6.54 Å². The number of ether oxygens (including phenoxy) is 1. The first-order valence-electron chi connectivity index (χ1n) is 12.1. The predicted octanol–water partition coefficient (Wildman–Crippen LogP) is 6.14. The van der Waals surface area contributed by atoms with Crippen LogP contribution in [0.4, 0.5) is 11.4 Å². The number of benzene rings is 3. The molecule has 2 atom stereocenters. The summed E-state index contributed by atoms with van der Waals surface area (Å²) in [5.41, 5.74) is 4.75. The smallest absolute Gasteiger partial charge is 0.325 e. The van der Waals surface area contributed by atoms with Gasteiger partial charge in [-0.15, -0.1) is 0 Å². The van der Waals surface area contributed by atoms with Crippen LogP contribution in [0.2, 0.25) is 0 Å². The van der Waals surface area contributed by atoms with Crippen molar-refractivity contribution in [1.82, 2.24) is 0 Å². The van der Waals surface area contributed by atoms with Crippen molar-refractivity contribution in [1.29, 1.82) is 0 Å². The first kappa shape index (κ1) is 24.5. The molecular formula is C30H34N2O3. The molecule has 1 heterocycles. The first-order chi connectivity index (χ1) is 16.7. The van der Waals surface area contributed by atoms with E-state index in [1.165, 1.54) is 12.7 Å². The molecule has 5 nitrogen and oxygen atoms in total. The van der Waals surface area contributed by atoms with Gasteiger partial charge in [0.05, 0.1) is 13.2 Å². The van der Waals surface area contributed by atoms with Crippen LogP contribution in [0.25, 0.3) is 0 Å². The number of hydrogen-bond acceptors (Lipinski definition) is 4. The minimum Gasteiger partial charge on any atom is -0.468 e. The van der Waals surface area contributed by atoms with Gasteiger partial charge in [-0.2, -0.15) is 0 Å². The van der Waals surface area contributed by atoms with Crippen molar-refractivity contribution in [3.63, 3.8) is 0 Å². The van der Waals surface area contributed by atoms with Gasteiger partial charge >= 0.3 is 5.97 Å². The molecule has 3 aromatic carbocycles. The Morgan fingerprint density at radius 3 is 2.20 bits per heavy atom. The van der Waals surface area contributed by atoms with Crippen LogP contribution in [0.5, 0.6) is 0 Å². The van der Waals surface area contributed by atoms with Crippen LogP contribution >= 0.6 is 0 Å². The summed E-state index contributed by atoms with van der Waals surface area (Å²) in [5.74, 6) is -0.306. The Balaban J connectivity index is 1.72. The summed E-state index contributed by atoms with van der Waals surface area (Å²) in [7, 11) is 1.41. The maximum absolute atomic E-state index is 13.7. The third kappa shape index (κ3) is 5.09. The van der Waals surface area contributed by atoms with Gasteiger partial charge in [0.25, 0.3) is 5.91 Å². The molecule has 0 saturated carbocycles. The number of para-hydroxylation sites is 2. The zero-order valence-corrected chi connectivity index (χ0v) is 21.2. The molecule has 1 amide bonds. The Labute approximate surface area is 208 Å². The van der Waals surface area contributed by atoms with Gasteiger partial charge in [-0.25, -0.2) is 0 Å². The molecule has 4 rings (SSSR count).